The molecule has 25 nitrogen and oxygen atoms in total. The summed E-state index contributed by atoms with van der Waals surface area (Å²) in [7, 11) is -5.81. The van der Waals surface area contributed by atoms with Crippen LogP contribution in [-0.2, 0) is 70.7 Å². The molecule has 0 aromatic carbocycles. The van der Waals surface area contributed by atoms with Crippen molar-refractivity contribution in [2.24, 2.45) is 0 Å². The van der Waals surface area contributed by atoms with Crippen molar-refractivity contribution >= 4 is 31.7 Å². The predicted molar refractivity (Wildman–Crippen MR) is 449 cm³/mol. The summed E-state index contributed by atoms with van der Waals surface area (Å²) >= 11 is 0. The van der Waals surface area contributed by atoms with Crippen molar-refractivity contribution in [2.45, 2.75) is 511 Å². The zero-order valence-corrected chi connectivity index (χ0v) is 73.5. The van der Waals surface area contributed by atoms with E-state index < -0.39 is 162 Å². The average Bonchev–Trinajstić information content (AvgIpc) is 0.749. The lowest BCUT2D eigenvalue weighted by Crippen LogP contribution is -2.70. The molecule has 26 heteroatoms. The van der Waals surface area contributed by atoms with Crippen LogP contribution in [0.1, 0.15) is 407 Å². The molecule has 2 aliphatic heterocycles. The van der Waals surface area contributed by atoms with E-state index in [0.29, 0.717) is 32.1 Å². The smallest absolute Gasteiger partial charge is 0.463 e. The molecule has 10 N–H and O–H groups in total. The van der Waals surface area contributed by atoms with E-state index in [1.807, 2.05) is 0 Å². The SMILES string of the molecule is CCCCCCCC/C=C\CCCCCC(=O)OC1C(O)C(O)C(OC2OC(CO)C(O)C(O)C2O)C(OP(=O)(O)OCC(COC(=O)CCCCCCCCCCCCCCCCCC)OC(=O)CCCCCCCCCCCCCCCCC)C1OC1OC(COC(=O)CCCCCCCCCCCCCCC)C(O)C(O)C1O. The van der Waals surface area contributed by atoms with Crippen LogP contribution < -0.4 is 0 Å². The van der Waals surface area contributed by atoms with Gasteiger partial charge in [0.2, 0.25) is 0 Å². The molecule has 0 aromatic rings. The Hall–Kier alpha value is -2.79. The van der Waals surface area contributed by atoms with Crippen molar-refractivity contribution in [1.29, 1.82) is 0 Å². The maximum atomic E-state index is 14.9. The van der Waals surface area contributed by atoms with Gasteiger partial charge in [-0.3, -0.25) is 28.2 Å². The lowest BCUT2D eigenvalue weighted by molar-refractivity contribution is -0.360. The van der Waals surface area contributed by atoms with Crippen molar-refractivity contribution in [2.75, 3.05) is 26.4 Å². The van der Waals surface area contributed by atoms with Gasteiger partial charge in [-0.05, 0) is 51.4 Å². The molecule has 682 valence electrons. The Morgan fingerprint density at radius 2 is 0.647 bits per heavy atom. The molecule has 3 fully saturated rings. The van der Waals surface area contributed by atoms with Gasteiger partial charge in [0, 0.05) is 25.7 Å². The first kappa shape index (κ1) is 107. The highest BCUT2D eigenvalue weighted by molar-refractivity contribution is 7.47. The van der Waals surface area contributed by atoms with Crippen LogP contribution in [0, 0.1) is 0 Å². The average molecular weight is 1680 g/mol. The number of carbonyl (C=O) groups excluding carboxylic acids is 4. The quantitative estimate of drug-likeness (QED) is 0.00889. The minimum Gasteiger partial charge on any atom is -0.463 e. The molecule has 0 amide bonds. The molecule has 0 bridgehead atoms. The standard InChI is InChI=1S/C90H167O25P/c1-5-9-13-17-21-25-29-33-35-37-40-43-46-50-54-58-62-73(92)106-67-70(109-75(94)64-60-56-52-48-45-41-36-34-30-26-22-18-14-10-6-2)68-108-116(104,105)115-88-86(113-89-83(102)79(98)77(96)71(66-91)110-89)82(101)81(100)85(112-76(95)65-61-57-53-49-44-39-32-28-24-20-16-12-8-4)87(88)114-90-84(103)80(99)78(97)72(111-90)69-107-74(93)63-59-55-51-47-42-38-31-27-23-19-15-11-7-3/h39,44,70-72,77-91,96-103H,5-38,40-43,45-69H2,1-4H3,(H,104,105)/b44-39-. The van der Waals surface area contributed by atoms with Gasteiger partial charge in [-0.15, -0.1) is 0 Å². The Labute approximate surface area is 699 Å². The number of aliphatic hydroxyl groups is 9. The number of phosphoric ester groups is 1. The minimum atomic E-state index is -5.81. The molecule has 2 saturated heterocycles. The number of hydrogen-bond donors (Lipinski definition) is 10. The highest BCUT2D eigenvalue weighted by Gasteiger charge is 2.60. The fourth-order valence-corrected chi connectivity index (χ4v) is 16.5. The van der Waals surface area contributed by atoms with E-state index in [9.17, 15) is 74.6 Å². The van der Waals surface area contributed by atoms with Gasteiger partial charge >= 0.3 is 31.7 Å². The number of rotatable bonds is 76. The molecule has 3 rings (SSSR count). The second-order valence-electron chi connectivity index (χ2n) is 33.5. The third-order valence-electron chi connectivity index (χ3n) is 23.0. The first-order valence-corrected chi connectivity index (χ1v) is 48.4. The number of ether oxygens (including phenoxy) is 8. The molecule has 0 spiro atoms. The van der Waals surface area contributed by atoms with E-state index in [0.717, 1.165) is 122 Å². The first-order valence-electron chi connectivity index (χ1n) is 46.9. The number of hydrogen-bond acceptors (Lipinski definition) is 24. The number of unbranched alkanes of at least 4 members (excludes halogenated alkanes) is 50. The van der Waals surface area contributed by atoms with E-state index >= 15 is 0 Å². The molecular weight excluding hydrogens is 1510 g/mol. The highest BCUT2D eigenvalue weighted by Crippen LogP contribution is 2.49. The maximum Gasteiger partial charge on any atom is 0.472 e. The normalized spacial score (nSPS) is 25.2. The zero-order valence-electron chi connectivity index (χ0n) is 72.6. The molecule has 3 aliphatic rings. The Balaban J connectivity index is 1.91. The third kappa shape index (κ3) is 49.5. The van der Waals surface area contributed by atoms with Crippen LogP contribution in [0.4, 0.5) is 0 Å². The van der Waals surface area contributed by atoms with Crippen molar-refractivity contribution in [1.82, 2.24) is 0 Å². The summed E-state index contributed by atoms with van der Waals surface area (Å²) in [5.41, 5.74) is 0. The molecule has 0 aromatic heterocycles. The number of esters is 4. The van der Waals surface area contributed by atoms with Crippen LogP contribution in [0.2, 0.25) is 0 Å². The second-order valence-corrected chi connectivity index (χ2v) is 34.9. The topological polar surface area (TPSA) is 380 Å². The number of allylic oxidation sites excluding steroid dienone is 2. The monoisotopic (exact) mass is 1680 g/mol. The molecule has 1 aliphatic carbocycles. The second kappa shape index (κ2) is 69.6. The highest BCUT2D eigenvalue weighted by atomic mass is 31.2. The van der Waals surface area contributed by atoms with Gasteiger partial charge in [-0.2, -0.15) is 0 Å². The van der Waals surface area contributed by atoms with Crippen LogP contribution in [0.15, 0.2) is 12.2 Å². The molecule has 0 radical (unpaired) electrons. The summed E-state index contributed by atoms with van der Waals surface area (Å²) in [6.07, 6.45) is 27.8. The van der Waals surface area contributed by atoms with Crippen LogP contribution in [0.25, 0.3) is 0 Å². The fourth-order valence-electron chi connectivity index (χ4n) is 15.5. The summed E-state index contributed by atoms with van der Waals surface area (Å²) in [6.45, 7) is 5.60. The van der Waals surface area contributed by atoms with Gasteiger partial charge in [-0.1, -0.05) is 342 Å². The van der Waals surface area contributed by atoms with Crippen molar-refractivity contribution < 1.29 is 122 Å². The summed E-state index contributed by atoms with van der Waals surface area (Å²) in [4.78, 5) is 66.4. The van der Waals surface area contributed by atoms with Gasteiger partial charge in [-0.25, -0.2) is 4.57 Å². The van der Waals surface area contributed by atoms with Crippen molar-refractivity contribution in [3.8, 4) is 0 Å². The summed E-state index contributed by atoms with van der Waals surface area (Å²) in [6, 6.07) is 0. The first-order chi connectivity index (χ1) is 56.2. The van der Waals surface area contributed by atoms with Crippen LogP contribution in [0.3, 0.4) is 0 Å². The Kier molecular flexibility index (Phi) is 64.4. The van der Waals surface area contributed by atoms with Crippen molar-refractivity contribution in [3.63, 3.8) is 0 Å². The maximum absolute atomic E-state index is 14.9. The largest absolute Gasteiger partial charge is 0.472 e. The van der Waals surface area contributed by atoms with Crippen LogP contribution in [0.5, 0.6) is 0 Å². The van der Waals surface area contributed by atoms with E-state index in [-0.39, 0.29) is 32.1 Å². The predicted octanol–water partition coefficient (Wildman–Crippen LogP) is 17.2. The lowest BCUT2D eigenvalue weighted by atomic mass is 9.84. The Bertz CT molecular complexity index is 2460. The van der Waals surface area contributed by atoms with E-state index in [4.69, 9.17) is 46.9 Å². The van der Waals surface area contributed by atoms with Gasteiger partial charge < -0.3 is 88.7 Å². The zero-order chi connectivity index (χ0) is 84.7. The molecule has 18 unspecified atom stereocenters. The Morgan fingerprint density at radius 3 is 1.03 bits per heavy atom. The molecule has 18 atom stereocenters. The lowest BCUT2D eigenvalue weighted by Gasteiger charge is -2.50. The van der Waals surface area contributed by atoms with Gasteiger partial charge in [0.25, 0.3) is 0 Å². The van der Waals surface area contributed by atoms with E-state index in [1.165, 1.54) is 193 Å². The fraction of sp³-hybridized carbons (Fsp3) is 0.933. The van der Waals surface area contributed by atoms with Crippen LogP contribution >= 0.6 is 7.82 Å². The summed E-state index contributed by atoms with van der Waals surface area (Å²) in [5, 5.41) is 102. The van der Waals surface area contributed by atoms with Crippen molar-refractivity contribution in [3.05, 3.63) is 12.2 Å². The number of carbonyl (C=O) groups is 4. The van der Waals surface area contributed by atoms with Gasteiger partial charge in [0.05, 0.1) is 13.2 Å². The Morgan fingerprint density at radius 1 is 0.336 bits per heavy atom. The third-order valence-corrected chi connectivity index (χ3v) is 24.0. The minimum absolute atomic E-state index is 0.0169. The summed E-state index contributed by atoms with van der Waals surface area (Å²) < 4.78 is 73.4. The molecule has 1 saturated carbocycles. The van der Waals surface area contributed by atoms with E-state index in [2.05, 4.69) is 39.8 Å². The summed E-state index contributed by atoms with van der Waals surface area (Å²) in [5.74, 6) is -2.97. The number of aliphatic hydroxyl groups excluding tert-OH is 9. The van der Waals surface area contributed by atoms with E-state index in [1.54, 1.807) is 0 Å². The van der Waals surface area contributed by atoms with Gasteiger partial charge in [0.1, 0.15) is 92.6 Å². The molecule has 2 heterocycles. The molecule has 116 heavy (non-hydrogen) atoms. The van der Waals surface area contributed by atoms with Gasteiger partial charge in [0.15, 0.2) is 24.8 Å². The number of phosphoric acid groups is 1. The van der Waals surface area contributed by atoms with Crippen LogP contribution in [-0.4, -0.2) is 205 Å². The molecular formula is C90H167O25P.